The van der Waals surface area contributed by atoms with Gasteiger partial charge in [-0.3, -0.25) is 14.2 Å². The highest BCUT2D eigenvalue weighted by molar-refractivity contribution is 7.98. The molecule has 166 valence electrons. The number of benzene rings is 2. The molecule has 2 aromatic carbocycles. The number of hydrogen-bond acceptors (Lipinski definition) is 6. The van der Waals surface area contributed by atoms with Crippen molar-refractivity contribution in [3.05, 3.63) is 75.1 Å². The Morgan fingerprint density at radius 3 is 2.31 bits per heavy atom. The van der Waals surface area contributed by atoms with Crippen LogP contribution in [-0.2, 0) is 12.3 Å². The van der Waals surface area contributed by atoms with E-state index in [9.17, 15) is 9.59 Å². The summed E-state index contributed by atoms with van der Waals surface area (Å²) < 4.78 is 1.76. The maximum Gasteiger partial charge on any atom is 0.262 e. The van der Waals surface area contributed by atoms with Gasteiger partial charge < -0.3 is 9.88 Å². The van der Waals surface area contributed by atoms with Crippen LogP contribution in [0.1, 0.15) is 26.1 Å². The van der Waals surface area contributed by atoms with Gasteiger partial charge in [-0.25, -0.2) is 9.97 Å². The molecule has 4 aromatic rings. The van der Waals surface area contributed by atoms with Crippen molar-refractivity contribution in [2.75, 3.05) is 19.6 Å². The van der Waals surface area contributed by atoms with Crippen LogP contribution in [0.3, 0.4) is 0 Å². The second-order valence-electron chi connectivity index (χ2n) is 7.57. The minimum atomic E-state index is -0.158. The zero-order chi connectivity index (χ0) is 22.5. The molecule has 0 aliphatic carbocycles. The van der Waals surface area contributed by atoms with Crippen molar-refractivity contribution < 1.29 is 0 Å². The van der Waals surface area contributed by atoms with Crippen LogP contribution in [0, 0.1) is 0 Å². The molecule has 32 heavy (non-hydrogen) atoms. The fraction of sp³-hybridized carbons (Fsp3) is 0.333. The smallest absolute Gasteiger partial charge is 0.262 e. The molecule has 2 heterocycles. The quantitative estimate of drug-likeness (QED) is 0.310. The van der Waals surface area contributed by atoms with Gasteiger partial charge in [0, 0.05) is 6.54 Å². The molecule has 0 bridgehead atoms. The molecule has 1 N–H and O–H groups in total. The second-order valence-corrected chi connectivity index (χ2v) is 8.51. The summed E-state index contributed by atoms with van der Waals surface area (Å²) >= 11 is 1.42. The summed E-state index contributed by atoms with van der Waals surface area (Å²) in [5, 5.41) is 1.83. The van der Waals surface area contributed by atoms with Gasteiger partial charge in [0.25, 0.3) is 11.1 Å². The topological polar surface area (TPSA) is 83.9 Å². The first-order chi connectivity index (χ1) is 15.6. The number of para-hydroxylation sites is 2. The zero-order valence-electron chi connectivity index (χ0n) is 18.4. The number of hydrogen-bond donors (Lipinski definition) is 1. The normalized spacial score (nSPS) is 11.6. The van der Waals surface area contributed by atoms with Crippen molar-refractivity contribution in [3.63, 3.8) is 0 Å². The predicted molar refractivity (Wildman–Crippen MR) is 130 cm³/mol. The average Bonchev–Trinajstić information content (AvgIpc) is 2.82. The Morgan fingerprint density at radius 1 is 0.938 bits per heavy atom. The Kier molecular flexibility index (Phi) is 7.02. The molecular formula is C24H27N5O2S. The fourth-order valence-electron chi connectivity index (χ4n) is 3.78. The largest absolute Gasteiger partial charge is 0.309 e. The standard InChI is InChI=1S/C24H27N5O2S/c1-3-28(4-2)14-9-15-29-23(31)18-11-6-8-13-20(18)26-24(29)32-16-21-25-19-12-7-5-10-17(19)22(30)27-21/h5-8,10-13H,3-4,9,14-16H2,1-2H3,(H,25,27,30). The summed E-state index contributed by atoms with van der Waals surface area (Å²) in [5.74, 6) is 0.983. The maximum absolute atomic E-state index is 13.2. The molecule has 7 nitrogen and oxygen atoms in total. The Hall–Kier alpha value is -2.97. The lowest BCUT2D eigenvalue weighted by molar-refractivity contribution is 0.290. The van der Waals surface area contributed by atoms with Crippen LogP contribution in [-0.4, -0.2) is 44.1 Å². The summed E-state index contributed by atoms with van der Waals surface area (Å²) in [7, 11) is 0. The van der Waals surface area contributed by atoms with Crippen LogP contribution in [0.15, 0.2) is 63.3 Å². The number of H-pyrrole nitrogens is 1. The van der Waals surface area contributed by atoms with Crippen LogP contribution in [0.5, 0.6) is 0 Å². The van der Waals surface area contributed by atoms with Gasteiger partial charge in [-0.15, -0.1) is 0 Å². The van der Waals surface area contributed by atoms with Gasteiger partial charge in [0.05, 0.1) is 27.6 Å². The first-order valence-corrected chi connectivity index (χ1v) is 11.9. The molecule has 0 spiro atoms. The highest BCUT2D eigenvalue weighted by Gasteiger charge is 2.13. The SMILES string of the molecule is CCN(CC)CCCn1c(SCc2nc3ccccc3c(=O)[nH]2)nc2ccccc2c1=O. The minimum Gasteiger partial charge on any atom is -0.309 e. The van der Waals surface area contributed by atoms with Crippen LogP contribution in [0.2, 0.25) is 0 Å². The monoisotopic (exact) mass is 449 g/mol. The molecular weight excluding hydrogens is 422 g/mol. The highest BCUT2D eigenvalue weighted by atomic mass is 32.2. The van der Waals surface area contributed by atoms with E-state index in [0.29, 0.717) is 45.1 Å². The van der Waals surface area contributed by atoms with E-state index in [-0.39, 0.29) is 11.1 Å². The van der Waals surface area contributed by atoms with E-state index in [1.807, 2.05) is 42.5 Å². The van der Waals surface area contributed by atoms with Gasteiger partial charge in [0.2, 0.25) is 0 Å². The Labute approximate surface area is 190 Å². The first-order valence-electron chi connectivity index (χ1n) is 10.9. The lowest BCUT2D eigenvalue weighted by Crippen LogP contribution is -2.28. The van der Waals surface area contributed by atoms with E-state index in [1.54, 1.807) is 10.6 Å². The lowest BCUT2D eigenvalue weighted by atomic mass is 10.2. The molecule has 2 aromatic heterocycles. The van der Waals surface area contributed by atoms with E-state index < -0.39 is 0 Å². The molecule has 0 aliphatic heterocycles. The van der Waals surface area contributed by atoms with E-state index in [0.717, 1.165) is 26.1 Å². The number of nitrogens with zero attached hydrogens (tertiary/aromatic N) is 4. The molecule has 0 amide bonds. The van der Waals surface area contributed by atoms with Crippen LogP contribution in [0.4, 0.5) is 0 Å². The summed E-state index contributed by atoms with van der Waals surface area (Å²) in [6.45, 7) is 7.79. The van der Waals surface area contributed by atoms with Crippen molar-refractivity contribution in [2.45, 2.75) is 37.7 Å². The molecule has 8 heteroatoms. The van der Waals surface area contributed by atoms with Crippen LogP contribution >= 0.6 is 11.8 Å². The van der Waals surface area contributed by atoms with Crippen molar-refractivity contribution in [1.82, 2.24) is 24.4 Å². The lowest BCUT2D eigenvalue weighted by Gasteiger charge is -2.19. The Bertz CT molecular complexity index is 1340. The third-order valence-electron chi connectivity index (χ3n) is 5.58. The third-order valence-corrected chi connectivity index (χ3v) is 6.56. The maximum atomic E-state index is 13.2. The highest BCUT2D eigenvalue weighted by Crippen LogP contribution is 2.21. The number of nitrogens with one attached hydrogen (secondary N) is 1. The number of aromatic amines is 1. The van der Waals surface area contributed by atoms with Gasteiger partial charge in [0.15, 0.2) is 5.16 Å². The number of rotatable bonds is 9. The van der Waals surface area contributed by atoms with Crippen molar-refractivity contribution >= 4 is 33.6 Å². The summed E-state index contributed by atoms with van der Waals surface area (Å²) in [6, 6.07) is 14.7. The molecule has 0 radical (unpaired) electrons. The Morgan fingerprint density at radius 2 is 1.59 bits per heavy atom. The molecule has 4 rings (SSSR count). The van der Waals surface area contributed by atoms with Gasteiger partial charge in [-0.1, -0.05) is 49.9 Å². The number of fused-ring (bicyclic) bond motifs is 2. The molecule has 0 unspecified atom stereocenters. The fourth-order valence-corrected chi connectivity index (χ4v) is 4.68. The van der Waals surface area contributed by atoms with Crippen LogP contribution < -0.4 is 11.1 Å². The van der Waals surface area contributed by atoms with Gasteiger partial charge in [-0.2, -0.15) is 0 Å². The summed E-state index contributed by atoms with van der Waals surface area (Å²) in [4.78, 5) is 40.2. The van der Waals surface area contributed by atoms with E-state index >= 15 is 0 Å². The van der Waals surface area contributed by atoms with E-state index in [2.05, 4.69) is 28.7 Å². The minimum absolute atomic E-state index is 0.0300. The summed E-state index contributed by atoms with van der Waals surface area (Å²) in [6.07, 6.45) is 0.861. The van der Waals surface area contributed by atoms with Crippen molar-refractivity contribution in [3.8, 4) is 0 Å². The Balaban J connectivity index is 1.63. The van der Waals surface area contributed by atoms with E-state index in [4.69, 9.17) is 4.98 Å². The van der Waals surface area contributed by atoms with E-state index in [1.165, 1.54) is 11.8 Å². The third kappa shape index (κ3) is 4.76. The van der Waals surface area contributed by atoms with Gasteiger partial charge in [0.1, 0.15) is 5.82 Å². The van der Waals surface area contributed by atoms with Gasteiger partial charge >= 0.3 is 0 Å². The van der Waals surface area contributed by atoms with Crippen molar-refractivity contribution in [2.24, 2.45) is 0 Å². The van der Waals surface area contributed by atoms with Crippen molar-refractivity contribution in [1.29, 1.82) is 0 Å². The predicted octanol–water partition coefficient (Wildman–Crippen LogP) is 3.66. The molecule has 0 saturated heterocycles. The molecule has 0 aliphatic rings. The van der Waals surface area contributed by atoms with Crippen LogP contribution in [0.25, 0.3) is 21.8 Å². The average molecular weight is 450 g/mol. The second kappa shape index (κ2) is 10.1. The first kappa shape index (κ1) is 22.2. The molecule has 0 fully saturated rings. The zero-order valence-corrected chi connectivity index (χ0v) is 19.2. The molecule has 0 atom stereocenters. The number of thioether (sulfide) groups is 1. The molecule has 0 saturated carbocycles. The summed E-state index contributed by atoms with van der Waals surface area (Å²) in [5.41, 5.74) is 1.15. The number of aromatic nitrogens is 4. The van der Waals surface area contributed by atoms with Gasteiger partial charge in [-0.05, 0) is 50.3 Å².